The van der Waals surface area contributed by atoms with E-state index in [4.69, 9.17) is 8.83 Å². The third-order valence-corrected chi connectivity index (χ3v) is 3.98. The molecule has 0 saturated carbocycles. The second-order valence-electron chi connectivity index (χ2n) is 4.70. The summed E-state index contributed by atoms with van der Waals surface area (Å²) >= 11 is 1.26. The van der Waals surface area contributed by atoms with E-state index in [0.29, 0.717) is 28.1 Å². The van der Waals surface area contributed by atoms with Crippen LogP contribution >= 0.6 is 11.8 Å². The molecule has 0 N–H and O–H groups in total. The first-order chi connectivity index (χ1) is 10.6. The van der Waals surface area contributed by atoms with E-state index in [1.54, 1.807) is 12.3 Å². The SMILES string of the molecule is Cc1cc(Sc2nnc(-c3ccoc3C)o2)c(C#N)c(C)n1. The molecule has 0 aliphatic heterocycles. The molecule has 0 aliphatic carbocycles. The van der Waals surface area contributed by atoms with Gasteiger partial charge in [0, 0.05) is 10.6 Å². The molecular formula is C15H12N4O2S. The van der Waals surface area contributed by atoms with Crippen LogP contribution in [0.5, 0.6) is 0 Å². The van der Waals surface area contributed by atoms with Gasteiger partial charge in [-0.2, -0.15) is 5.26 Å². The Labute approximate surface area is 131 Å². The van der Waals surface area contributed by atoms with Gasteiger partial charge >= 0.3 is 0 Å². The van der Waals surface area contributed by atoms with E-state index in [9.17, 15) is 5.26 Å². The molecule has 0 spiro atoms. The van der Waals surface area contributed by atoms with E-state index in [1.165, 1.54) is 11.8 Å². The number of furan rings is 1. The Morgan fingerprint density at radius 2 is 2.05 bits per heavy atom. The fraction of sp³-hybridized carbons (Fsp3) is 0.200. The van der Waals surface area contributed by atoms with Crippen molar-refractivity contribution in [2.75, 3.05) is 0 Å². The van der Waals surface area contributed by atoms with Crippen molar-refractivity contribution in [2.24, 2.45) is 0 Å². The number of aryl methyl sites for hydroxylation is 3. The summed E-state index contributed by atoms with van der Waals surface area (Å²) in [5, 5.41) is 17.7. The molecule has 0 aromatic carbocycles. The van der Waals surface area contributed by atoms with Crippen molar-refractivity contribution in [2.45, 2.75) is 30.9 Å². The molecule has 0 amide bonds. The molecule has 0 radical (unpaired) electrons. The molecule has 0 aliphatic rings. The van der Waals surface area contributed by atoms with Crippen molar-refractivity contribution in [1.82, 2.24) is 15.2 Å². The average molecular weight is 312 g/mol. The summed E-state index contributed by atoms with van der Waals surface area (Å²) in [6, 6.07) is 5.78. The van der Waals surface area contributed by atoms with Crippen LogP contribution in [0, 0.1) is 32.1 Å². The monoisotopic (exact) mass is 312 g/mol. The Morgan fingerprint density at radius 3 is 2.73 bits per heavy atom. The molecule has 0 fully saturated rings. The van der Waals surface area contributed by atoms with E-state index < -0.39 is 0 Å². The van der Waals surface area contributed by atoms with E-state index in [1.807, 2.05) is 26.8 Å². The van der Waals surface area contributed by atoms with E-state index in [2.05, 4.69) is 21.3 Å². The third kappa shape index (κ3) is 2.61. The normalized spacial score (nSPS) is 10.6. The minimum absolute atomic E-state index is 0.372. The maximum absolute atomic E-state index is 9.28. The lowest BCUT2D eigenvalue weighted by atomic mass is 10.2. The Balaban J connectivity index is 1.94. The van der Waals surface area contributed by atoms with Gasteiger partial charge in [-0.05, 0) is 44.7 Å². The van der Waals surface area contributed by atoms with Gasteiger partial charge in [-0.25, -0.2) is 0 Å². The van der Waals surface area contributed by atoms with Crippen LogP contribution in [0.2, 0.25) is 0 Å². The minimum atomic E-state index is 0.372. The number of hydrogen-bond acceptors (Lipinski definition) is 7. The summed E-state index contributed by atoms with van der Waals surface area (Å²) in [5.41, 5.74) is 2.82. The van der Waals surface area contributed by atoms with Crippen LogP contribution in [0.4, 0.5) is 0 Å². The minimum Gasteiger partial charge on any atom is -0.469 e. The van der Waals surface area contributed by atoms with Crippen molar-refractivity contribution in [3.63, 3.8) is 0 Å². The van der Waals surface area contributed by atoms with Crippen molar-refractivity contribution in [1.29, 1.82) is 5.26 Å². The van der Waals surface area contributed by atoms with Crippen LogP contribution in [0.1, 0.15) is 22.7 Å². The topological polar surface area (TPSA) is 88.7 Å². The second-order valence-corrected chi connectivity index (χ2v) is 5.69. The fourth-order valence-electron chi connectivity index (χ4n) is 2.07. The maximum Gasteiger partial charge on any atom is 0.281 e. The van der Waals surface area contributed by atoms with E-state index >= 15 is 0 Å². The summed E-state index contributed by atoms with van der Waals surface area (Å²) in [4.78, 5) is 5.05. The van der Waals surface area contributed by atoms with Gasteiger partial charge in [0.25, 0.3) is 11.1 Å². The van der Waals surface area contributed by atoms with Crippen molar-refractivity contribution >= 4 is 11.8 Å². The zero-order valence-corrected chi connectivity index (χ0v) is 13.1. The molecule has 0 bridgehead atoms. The van der Waals surface area contributed by atoms with Crippen LogP contribution in [0.25, 0.3) is 11.5 Å². The highest BCUT2D eigenvalue weighted by atomic mass is 32.2. The van der Waals surface area contributed by atoms with Crippen LogP contribution in [0.15, 0.2) is 37.3 Å². The van der Waals surface area contributed by atoms with Gasteiger partial charge in [-0.3, -0.25) is 4.98 Å². The Morgan fingerprint density at radius 1 is 1.23 bits per heavy atom. The quantitative estimate of drug-likeness (QED) is 0.728. The van der Waals surface area contributed by atoms with Crippen LogP contribution < -0.4 is 0 Å². The van der Waals surface area contributed by atoms with Gasteiger partial charge in [0.15, 0.2) is 0 Å². The molecule has 3 rings (SSSR count). The van der Waals surface area contributed by atoms with Crippen LogP contribution in [-0.4, -0.2) is 15.2 Å². The first kappa shape index (κ1) is 14.4. The summed E-state index contributed by atoms with van der Waals surface area (Å²) in [5.74, 6) is 1.11. The van der Waals surface area contributed by atoms with Crippen molar-refractivity contribution < 1.29 is 8.83 Å². The first-order valence-electron chi connectivity index (χ1n) is 6.52. The van der Waals surface area contributed by atoms with Gasteiger partial charge in [-0.1, -0.05) is 0 Å². The number of nitriles is 1. The zero-order chi connectivity index (χ0) is 15.7. The lowest BCUT2D eigenvalue weighted by Gasteiger charge is -2.04. The van der Waals surface area contributed by atoms with Crippen molar-refractivity contribution in [3.05, 3.63) is 41.1 Å². The fourth-order valence-corrected chi connectivity index (χ4v) is 2.99. The summed E-state index contributed by atoms with van der Waals surface area (Å²) < 4.78 is 10.9. The molecule has 3 aromatic rings. The Hall–Kier alpha value is -2.59. The van der Waals surface area contributed by atoms with Crippen LogP contribution in [0.3, 0.4) is 0 Å². The van der Waals surface area contributed by atoms with Gasteiger partial charge in [0.05, 0.1) is 23.1 Å². The first-order valence-corrected chi connectivity index (χ1v) is 7.34. The second kappa shape index (κ2) is 5.66. The maximum atomic E-state index is 9.28. The average Bonchev–Trinajstić information content (AvgIpc) is 3.07. The molecule has 22 heavy (non-hydrogen) atoms. The molecular weight excluding hydrogens is 300 g/mol. The predicted octanol–water partition coefficient (Wildman–Crippen LogP) is 3.67. The van der Waals surface area contributed by atoms with Gasteiger partial charge < -0.3 is 8.83 Å². The molecule has 6 nitrogen and oxygen atoms in total. The van der Waals surface area contributed by atoms with E-state index in [-0.39, 0.29) is 0 Å². The number of hydrogen-bond donors (Lipinski definition) is 0. The molecule has 3 aromatic heterocycles. The number of aromatic nitrogens is 3. The molecule has 0 unspecified atom stereocenters. The number of nitrogens with zero attached hydrogens (tertiary/aromatic N) is 4. The smallest absolute Gasteiger partial charge is 0.281 e. The van der Waals surface area contributed by atoms with Gasteiger partial charge in [0.2, 0.25) is 0 Å². The highest BCUT2D eigenvalue weighted by molar-refractivity contribution is 7.99. The Bertz CT molecular complexity index is 876. The number of pyridine rings is 1. The largest absolute Gasteiger partial charge is 0.469 e. The Kier molecular flexibility index (Phi) is 3.69. The molecule has 0 saturated heterocycles. The predicted molar refractivity (Wildman–Crippen MR) is 79.3 cm³/mol. The van der Waals surface area contributed by atoms with E-state index in [0.717, 1.165) is 16.2 Å². The lowest BCUT2D eigenvalue weighted by Crippen LogP contribution is -1.94. The number of rotatable bonds is 3. The highest BCUT2D eigenvalue weighted by Gasteiger charge is 2.16. The molecule has 3 heterocycles. The third-order valence-electron chi connectivity index (χ3n) is 3.10. The molecule has 7 heteroatoms. The highest BCUT2D eigenvalue weighted by Crippen LogP contribution is 2.33. The molecule has 0 atom stereocenters. The van der Waals surface area contributed by atoms with Crippen LogP contribution in [-0.2, 0) is 0 Å². The molecule has 110 valence electrons. The van der Waals surface area contributed by atoms with Gasteiger partial charge in [-0.15, -0.1) is 10.2 Å². The zero-order valence-electron chi connectivity index (χ0n) is 12.2. The summed E-state index contributed by atoms with van der Waals surface area (Å²) in [7, 11) is 0. The van der Waals surface area contributed by atoms with Crippen molar-refractivity contribution in [3.8, 4) is 17.5 Å². The lowest BCUT2D eigenvalue weighted by molar-refractivity contribution is 0.463. The summed E-state index contributed by atoms with van der Waals surface area (Å²) in [6.45, 7) is 5.52. The standard InChI is InChI=1S/C15H12N4O2S/c1-8-6-13(12(7-16)9(2)17-8)22-15-19-18-14(21-15)11-4-5-20-10(11)3/h4-6H,1-3H3. The van der Waals surface area contributed by atoms with Gasteiger partial charge in [0.1, 0.15) is 11.8 Å². The summed E-state index contributed by atoms with van der Waals surface area (Å²) in [6.07, 6.45) is 1.57.